The Morgan fingerprint density at radius 1 is 1.18 bits per heavy atom. The largest absolute Gasteiger partial charge is 0.506 e. The van der Waals surface area contributed by atoms with E-state index in [-0.39, 0.29) is 12.1 Å². The molecule has 2 rings (SSSR count). The molecular weight excluding hydrogens is 387 g/mol. The number of nitrogens with one attached hydrogen (secondary N) is 2. The summed E-state index contributed by atoms with van der Waals surface area (Å²) in [5, 5.41) is 23.3. The molecule has 0 unspecified atom stereocenters. The van der Waals surface area contributed by atoms with Crippen LogP contribution in [0.5, 0.6) is 11.5 Å². The molecule has 0 aliphatic rings. The topological polar surface area (TPSA) is 108 Å². The number of hydrogen-bond donors (Lipinski definition) is 4. The molecule has 0 aliphatic carbocycles. The van der Waals surface area contributed by atoms with Crippen LogP contribution in [-0.2, 0) is 15.6 Å². The van der Waals surface area contributed by atoms with E-state index in [0.717, 1.165) is 23.6 Å². The first-order valence-corrected chi connectivity index (χ1v) is 10.4. The number of aromatic hydroxyl groups is 1. The fraction of sp³-hybridized carbons (Fsp3) is 0.368. The Hall–Kier alpha value is -2.36. The van der Waals surface area contributed by atoms with Crippen LogP contribution >= 0.6 is 0 Å². The third-order valence-corrected chi connectivity index (χ3v) is 4.92. The number of anilines is 1. The van der Waals surface area contributed by atoms with Crippen molar-refractivity contribution in [2.75, 3.05) is 24.6 Å². The van der Waals surface area contributed by atoms with Crippen molar-refractivity contribution in [1.29, 1.82) is 0 Å². The number of rotatable bonds is 8. The Morgan fingerprint density at radius 2 is 1.79 bits per heavy atom. The van der Waals surface area contributed by atoms with Gasteiger partial charge in [-0.15, -0.1) is 0 Å². The van der Waals surface area contributed by atoms with E-state index in [1.165, 1.54) is 6.07 Å². The zero-order valence-electron chi connectivity index (χ0n) is 16.2. The van der Waals surface area contributed by atoms with Crippen LogP contribution in [-0.4, -0.2) is 38.5 Å². The van der Waals surface area contributed by atoms with Gasteiger partial charge in [-0.25, -0.2) is 12.8 Å². The molecule has 0 aliphatic heterocycles. The molecule has 154 valence electrons. The first-order chi connectivity index (χ1) is 12.9. The predicted octanol–water partition coefficient (Wildman–Crippen LogP) is 2.47. The van der Waals surface area contributed by atoms with Crippen molar-refractivity contribution in [2.45, 2.75) is 25.5 Å². The molecule has 0 bridgehead atoms. The number of phenolic OH excluding ortho intramolecular Hbond substituents is 1. The lowest BCUT2D eigenvalue weighted by atomic mass is 9.93. The zero-order chi connectivity index (χ0) is 21.1. The van der Waals surface area contributed by atoms with Gasteiger partial charge in [-0.2, -0.15) is 0 Å². The zero-order valence-corrected chi connectivity index (χ0v) is 17.0. The molecule has 0 saturated heterocycles. The van der Waals surface area contributed by atoms with Crippen LogP contribution in [0.1, 0.15) is 31.1 Å². The van der Waals surface area contributed by atoms with Crippen molar-refractivity contribution >= 4 is 15.7 Å². The van der Waals surface area contributed by atoms with Crippen LogP contribution in [0.2, 0.25) is 0 Å². The Morgan fingerprint density at radius 3 is 2.32 bits per heavy atom. The summed E-state index contributed by atoms with van der Waals surface area (Å²) in [6.45, 7) is 3.82. The van der Waals surface area contributed by atoms with Gasteiger partial charge in [0.15, 0.2) is 5.82 Å². The van der Waals surface area contributed by atoms with Crippen LogP contribution in [0, 0.1) is 5.82 Å². The van der Waals surface area contributed by atoms with E-state index in [2.05, 4.69) is 5.32 Å². The molecule has 28 heavy (non-hydrogen) atoms. The summed E-state index contributed by atoms with van der Waals surface area (Å²) in [5.41, 5.74) is -0.323. The normalized spacial score (nSPS) is 13.2. The maximum atomic E-state index is 14.7. The lowest BCUT2D eigenvalue weighted by Gasteiger charge is -2.29. The molecular formula is C19H25FN2O5S. The highest BCUT2D eigenvalue weighted by atomic mass is 32.2. The van der Waals surface area contributed by atoms with Crippen LogP contribution < -0.4 is 14.8 Å². The molecule has 9 heteroatoms. The fourth-order valence-corrected chi connectivity index (χ4v) is 3.26. The minimum absolute atomic E-state index is 0.000953. The average Bonchev–Trinajstić information content (AvgIpc) is 2.62. The van der Waals surface area contributed by atoms with E-state index in [1.807, 2.05) is 42.8 Å². The van der Waals surface area contributed by atoms with E-state index in [0.29, 0.717) is 0 Å². The van der Waals surface area contributed by atoms with Crippen LogP contribution in [0.25, 0.3) is 0 Å². The van der Waals surface area contributed by atoms with Crippen LogP contribution in [0.4, 0.5) is 10.1 Å². The van der Waals surface area contributed by atoms with E-state index >= 15 is 0 Å². The molecule has 0 saturated carbocycles. The Bertz CT molecular complexity index is 930. The van der Waals surface area contributed by atoms with Crippen molar-refractivity contribution in [3.63, 3.8) is 0 Å². The molecule has 7 nitrogen and oxygen atoms in total. The quantitative estimate of drug-likeness (QED) is 0.496. The summed E-state index contributed by atoms with van der Waals surface area (Å²) >= 11 is 0. The molecule has 0 radical (unpaired) electrons. The number of sulfonamides is 1. The maximum absolute atomic E-state index is 14.7. The van der Waals surface area contributed by atoms with Crippen molar-refractivity contribution in [1.82, 2.24) is 5.32 Å². The third-order valence-electron chi connectivity index (χ3n) is 4.35. The highest BCUT2D eigenvalue weighted by Crippen LogP contribution is 2.32. The van der Waals surface area contributed by atoms with Gasteiger partial charge >= 0.3 is 0 Å². The summed E-state index contributed by atoms with van der Waals surface area (Å²) in [6.07, 6.45) is -0.424. The lowest BCUT2D eigenvalue weighted by molar-refractivity contribution is 0.157. The molecule has 0 spiro atoms. The smallest absolute Gasteiger partial charge is 0.230 e. The second-order valence-corrected chi connectivity index (χ2v) is 8.74. The van der Waals surface area contributed by atoms with Gasteiger partial charge in [0.2, 0.25) is 10.0 Å². The number of aliphatic hydroxyl groups is 1. The van der Waals surface area contributed by atoms with E-state index in [9.17, 15) is 23.0 Å². The monoisotopic (exact) mass is 412 g/mol. The minimum Gasteiger partial charge on any atom is -0.506 e. The molecule has 0 heterocycles. The van der Waals surface area contributed by atoms with Gasteiger partial charge in [0.05, 0.1) is 19.5 Å². The van der Waals surface area contributed by atoms with Gasteiger partial charge in [0.1, 0.15) is 17.2 Å². The second kappa shape index (κ2) is 8.34. The van der Waals surface area contributed by atoms with Gasteiger partial charge < -0.3 is 20.3 Å². The number of aliphatic hydroxyl groups excluding tert-OH is 1. The Balaban J connectivity index is 2.18. The number of halogens is 1. The van der Waals surface area contributed by atoms with Crippen molar-refractivity contribution in [3.05, 3.63) is 53.3 Å². The summed E-state index contributed by atoms with van der Waals surface area (Å²) in [6, 6.07) is 9.74. The molecule has 4 N–H and O–H groups in total. The summed E-state index contributed by atoms with van der Waals surface area (Å²) in [7, 11) is -2.22. The van der Waals surface area contributed by atoms with Gasteiger partial charge in [-0.3, -0.25) is 4.72 Å². The van der Waals surface area contributed by atoms with Gasteiger partial charge in [-0.1, -0.05) is 12.1 Å². The number of methoxy groups -OCH3 is 1. The second-order valence-electron chi connectivity index (χ2n) is 6.99. The molecule has 0 aromatic heterocycles. The molecule has 1 atom stereocenters. The van der Waals surface area contributed by atoms with Crippen LogP contribution in [0.15, 0.2) is 36.4 Å². The number of phenols is 1. The standard InChI is InChI=1S/C19H25FN2O5S/c1-19(2,12-5-7-13(27-3)8-6-12)21-11-16(24)14-9-10-15(23)18(17(14)20)22-28(4,25)26/h5-10,16,21-24H,11H2,1-4H3/t16-/m0/s1. The van der Waals surface area contributed by atoms with Crippen LogP contribution in [0.3, 0.4) is 0 Å². The SMILES string of the molecule is COc1ccc(C(C)(C)NC[C@H](O)c2ccc(O)c(NS(C)(=O)=O)c2F)cc1. The van der Waals surface area contributed by atoms with E-state index in [1.54, 1.807) is 7.11 Å². The lowest BCUT2D eigenvalue weighted by Crippen LogP contribution is -2.39. The molecule has 0 fully saturated rings. The first-order valence-electron chi connectivity index (χ1n) is 8.51. The Labute approximate surface area is 164 Å². The Kier molecular flexibility index (Phi) is 6.53. The van der Waals surface area contributed by atoms with Gasteiger partial charge in [0.25, 0.3) is 0 Å². The molecule has 2 aromatic rings. The number of hydrogen-bond acceptors (Lipinski definition) is 6. The minimum atomic E-state index is -3.80. The van der Waals surface area contributed by atoms with E-state index in [4.69, 9.17) is 4.74 Å². The number of ether oxygens (including phenoxy) is 1. The molecule has 0 amide bonds. The van der Waals surface area contributed by atoms with Crippen molar-refractivity contribution in [3.8, 4) is 11.5 Å². The maximum Gasteiger partial charge on any atom is 0.230 e. The van der Waals surface area contributed by atoms with Crippen molar-refractivity contribution in [2.24, 2.45) is 0 Å². The fourth-order valence-electron chi connectivity index (χ4n) is 2.69. The molecule has 2 aromatic carbocycles. The van der Waals surface area contributed by atoms with Gasteiger partial charge in [-0.05, 0) is 43.7 Å². The third kappa shape index (κ3) is 5.34. The summed E-state index contributed by atoms with van der Waals surface area (Å²) in [5.74, 6) is -0.871. The summed E-state index contributed by atoms with van der Waals surface area (Å²) < 4.78 is 44.5. The first kappa shape index (κ1) is 21.9. The highest BCUT2D eigenvalue weighted by molar-refractivity contribution is 7.92. The van der Waals surface area contributed by atoms with E-state index < -0.39 is 38.9 Å². The highest BCUT2D eigenvalue weighted by Gasteiger charge is 2.24. The number of benzene rings is 2. The summed E-state index contributed by atoms with van der Waals surface area (Å²) in [4.78, 5) is 0. The predicted molar refractivity (Wildman–Crippen MR) is 106 cm³/mol. The van der Waals surface area contributed by atoms with Gasteiger partial charge in [0, 0.05) is 17.6 Å². The average molecular weight is 412 g/mol. The van der Waals surface area contributed by atoms with Crippen molar-refractivity contribution < 1.29 is 27.8 Å².